The lowest BCUT2D eigenvalue weighted by molar-refractivity contribution is -0.239. The zero-order valence-electron chi connectivity index (χ0n) is 14.6. The van der Waals surface area contributed by atoms with Crippen molar-refractivity contribution < 1.29 is 19.0 Å². The highest BCUT2D eigenvalue weighted by atomic mass is 16.8. The number of ether oxygens (including phenoxy) is 3. The lowest BCUT2D eigenvalue weighted by atomic mass is 10.2. The quantitative estimate of drug-likeness (QED) is 0.729. The van der Waals surface area contributed by atoms with E-state index in [0.717, 1.165) is 18.5 Å². The minimum absolute atomic E-state index is 0.0973. The lowest BCUT2D eigenvalue weighted by Gasteiger charge is -2.27. The molecule has 1 aliphatic carbocycles. The first-order chi connectivity index (χ1) is 12.0. The molecule has 3 unspecified atom stereocenters. The van der Waals surface area contributed by atoms with Gasteiger partial charge in [-0.25, -0.2) is 4.68 Å². The van der Waals surface area contributed by atoms with Crippen LogP contribution in [0.1, 0.15) is 37.4 Å². The molecule has 1 amide bonds. The molecule has 1 aliphatic heterocycles. The van der Waals surface area contributed by atoms with Gasteiger partial charge >= 0.3 is 0 Å². The van der Waals surface area contributed by atoms with E-state index in [9.17, 15) is 9.59 Å². The molecule has 8 nitrogen and oxygen atoms in total. The summed E-state index contributed by atoms with van der Waals surface area (Å²) >= 11 is 0. The molecule has 0 saturated heterocycles. The van der Waals surface area contributed by atoms with Gasteiger partial charge in [0.05, 0.1) is 12.2 Å². The summed E-state index contributed by atoms with van der Waals surface area (Å²) in [6, 6.07) is 2.47. The third-order valence-corrected chi connectivity index (χ3v) is 4.50. The first-order valence-electron chi connectivity index (χ1n) is 8.30. The molecule has 1 saturated carbocycles. The SMILES string of the molecule is COC1C=CC(CNC(=O)C(C)n2nc(C3CC3)ccc2=O)(OC)O1. The zero-order valence-corrected chi connectivity index (χ0v) is 14.6. The number of amides is 1. The summed E-state index contributed by atoms with van der Waals surface area (Å²) in [4.78, 5) is 24.5. The van der Waals surface area contributed by atoms with Gasteiger partial charge in [-0.15, -0.1) is 0 Å². The van der Waals surface area contributed by atoms with E-state index in [1.54, 1.807) is 25.1 Å². The number of aromatic nitrogens is 2. The van der Waals surface area contributed by atoms with E-state index in [4.69, 9.17) is 14.2 Å². The first-order valence-corrected chi connectivity index (χ1v) is 8.30. The molecule has 1 aromatic rings. The molecule has 0 aromatic carbocycles. The highest BCUT2D eigenvalue weighted by molar-refractivity contribution is 5.79. The Kier molecular flexibility index (Phi) is 5.03. The molecule has 2 heterocycles. The number of nitrogens with one attached hydrogen (secondary N) is 1. The van der Waals surface area contributed by atoms with Gasteiger partial charge in [-0.3, -0.25) is 9.59 Å². The van der Waals surface area contributed by atoms with E-state index in [-0.39, 0.29) is 18.0 Å². The minimum Gasteiger partial charge on any atom is -0.352 e. The van der Waals surface area contributed by atoms with Gasteiger partial charge in [0.25, 0.3) is 5.56 Å². The summed E-state index contributed by atoms with van der Waals surface area (Å²) in [5, 5.41) is 7.10. The van der Waals surface area contributed by atoms with Crippen molar-refractivity contribution in [2.45, 2.75) is 43.8 Å². The van der Waals surface area contributed by atoms with E-state index in [1.165, 1.54) is 25.0 Å². The van der Waals surface area contributed by atoms with E-state index in [1.807, 2.05) is 0 Å². The number of rotatable bonds is 7. The largest absolute Gasteiger partial charge is 0.352 e. The smallest absolute Gasteiger partial charge is 0.267 e. The van der Waals surface area contributed by atoms with Crippen LogP contribution in [0.3, 0.4) is 0 Å². The molecule has 8 heteroatoms. The predicted molar refractivity (Wildman–Crippen MR) is 89.0 cm³/mol. The van der Waals surface area contributed by atoms with E-state index >= 15 is 0 Å². The number of hydrogen-bond acceptors (Lipinski definition) is 6. The van der Waals surface area contributed by atoms with Crippen LogP contribution in [0.5, 0.6) is 0 Å². The predicted octanol–water partition coefficient (Wildman–Crippen LogP) is 0.699. The molecule has 0 radical (unpaired) electrons. The monoisotopic (exact) mass is 349 g/mol. The maximum absolute atomic E-state index is 12.5. The van der Waals surface area contributed by atoms with Crippen LogP contribution in [0.2, 0.25) is 0 Å². The molecule has 3 rings (SSSR count). The molecule has 25 heavy (non-hydrogen) atoms. The van der Waals surface area contributed by atoms with Gasteiger partial charge in [-0.1, -0.05) is 0 Å². The molecule has 1 fully saturated rings. The summed E-state index contributed by atoms with van der Waals surface area (Å²) < 4.78 is 17.3. The van der Waals surface area contributed by atoms with Crippen molar-refractivity contribution in [2.24, 2.45) is 0 Å². The van der Waals surface area contributed by atoms with Crippen molar-refractivity contribution in [1.82, 2.24) is 15.1 Å². The van der Waals surface area contributed by atoms with Crippen LogP contribution < -0.4 is 10.9 Å². The van der Waals surface area contributed by atoms with Crippen molar-refractivity contribution in [2.75, 3.05) is 20.8 Å². The van der Waals surface area contributed by atoms with Gasteiger partial charge in [0.2, 0.25) is 11.7 Å². The molecular weight excluding hydrogens is 326 g/mol. The van der Waals surface area contributed by atoms with Crippen LogP contribution in [-0.2, 0) is 19.0 Å². The Morgan fingerprint density at radius 1 is 1.48 bits per heavy atom. The Balaban J connectivity index is 1.66. The van der Waals surface area contributed by atoms with Crippen LogP contribution in [0, 0.1) is 0 Å². The first kappa shape index (κ1) is 17.8. The van der Waals surface area contributed by atoms with Crippen molar-refractivity contribution >= 4 is 5.91 Å². The fourth-order valence-electron chi connectivity index (χ4n) is 2.70. The van der Waals surface area contributed by atoms with Crippen LogP contribution in [0.4, 0.5) is 0 Å². The second-order valence-corrected chi connectivity index (χ2v) is 6.31. The molecule has 1 aromatic heterocycles. The third kappa shape index (κ3) is 3.81. The topological polar surface area (TPSA) is 91.7 Å². The normalized spacial score (nSPS) is 26.6. The fraction of sp³-hybridized carbons (Fsp3) is 0.588. The van der Waals surface area contributed by atoms with Crippen molar-refractivity contribution in [3.63, 3.8) is 0 Å². The molecule has 0 spiro atoms. The van der Waals surface area contributed by atoms with Crippen LogP contribution >= 0.6 is 0 Å². The van der Waals surface area contributed by atoms with Gasteiger partial charge in [0.15, 0.2) is 6.29 Å². The summed E-state index contributed by atoms with van der Waals surface area (Å²) in [6.45, 7) is 1.74. The van der Waals surface area contributed by atoms with E-state index in [2.05, 4.69) is 10.4 Å². The van der Waals surface area contributed by atoms with Crippen molar-refractivity contribution in [1.29, 1.82) is 0 Å². The number of carbonyl (C=O) groups excluding carboxylic acids is 1. The van der Waals surface area contributed by atoms with Crippen LogP contribution in [0.15, 0.2) is 29.1 Å². The fourth-order valence-corrected chi connectivity index (χ4v) is 2.70. The third-order valence-electron chi connectivity index (χ3n) is 4.50. The van der Waals surface area contributed by atoms with Crippen LogP contribution in [0.25, 0.3) is 0 Å². The molecule has 0 bridgehead atoms. The molecule has 136 valence electrons. The zero-order chi connectivity index (χ0) is 18.0. The average Bonchev–Trinajstić information content (AvgIpc) is 3.39. The Morgan fingerprint density at radius 2 is 2.24 bits per heavy atom. The van der Waals surface area contributed by atoms with Crippen molar-refractivity contribution in [3.8, 4) is 0 Å². The van der Waals surface area contributed by atoms with Gasteiger partial charge in [-0.05, 0) is 38.0 Å². The Labute approximate surface area is 145 Å². The number of methoxy groups -OCH3 is 2. The molecular formula is C17H23N3O5. The average molecular weight is 349 g/mol. The number of nitrogens with zero attached hydrogens (tertiary/aromatic N) is 2. The maximum Gasteiger partial charge on any atom is 0.267 e. The van der Waals surface area contributed by atoms with Gasteiger partial charge < -0.3 is 19.5 Å². The number of carbonyl (C=O) groups is 1. The minimum atomic E-state index is -1.08. The highest BCUT2D eigenvalue weighted by Gasteiger charge is 2.37. The second kappa shape index (κ2) is 7.07. The molecule has 3 atom stereocenters. The van der Waals surface area contributed by atoms with Gasteiger partial charge in [-0.2, -0.15) is 5.10 Å². The van der Waals surface area contributed by atoms with Gasteiger partial charge in [0, 0.05) is 26.2 Å². The van der Waals surface area contributed by atoms with Crippen LogP contribution in [-0.4, -0.2) is 48.5 Å². The second-order valence-electron chi connectivity index (χ2n) is 6.31. The van der Waals surface area contributed by atoms with Gasteiger partial charge in [0.1, 0.15) is 6.04 Å². The standard InChI is InChI=1S/C17H23N3O5/c1-11(20-14(21)7-6-13(19-20)12-4-5-12)16(22)18-10-17(24-3)9-8-15(23-2)25-17/h6-9,11-12,15H,4-5,10H2,1-3H3,(H,18,22). The molecule has 1 N–H and O–H groups in total. The Hall–Kier alpha value is -2.03. The highest BCUT2D eigenvalue weighted by Crippen LogP contribution is 2.38. The lowest BCUT2D eigenvalue weighted by Crippen LogP contribution is -2.47. The van der Waals surface area contributed by atoms with E-state index < -0.39 is 18.1 Å². The number of hydrogen-bond donors (Lipinski definition) is 1. The Morgan fingerprint density at radius 3 is 2.84 bits per heavy atom. The van der Waals surface area contributed by atoms with Crippen molar-refractivity contribution in [3.05, 3.63) is 40.3 Å². The summed E-state index contributed by atoms with van der Waals surface area (Å²) in [7, 11) is 3.01. The Bertz CT molecular complexity index is 727. The summed E-state index contributed by atoms with van der Waals surface area (Å²) in [5.74, 6) is -1.01. The maximum atomic E-state index is 12.5. The molecule has 2 aliphatic rings. The summed E-state index contributed by atoms with van der Waals surface area (Å²) in [6.07, 6.45) is 5.04. The summed E-state index contributed by atoms with van der Waals surface area (Å²) in [5.41, 5.74) is 0.558. The van der Waals surface area contributed by atoms with E-state index in [0.29, 0.717) is 5.92 Å².